The van der Waals surface area contributed by atoms with Gasteiger partial charge in [-0.05, 0) is 24.2 Å². The summed E-state index contributed by atoms with van der Waals surface area (Å²) in [4.78, 5) is -0.902. The van der Waals surface area contributed by atoms with Gasteiger partial charge < -0.3 is 0 Å². The third kappa shape index (κ3) is 4.90. The molecule has 3 rings (SSSR count). The van der Waals surface area contributed by atoms with Gasteiger partial charge in [0.05, 0.1) is 0 Å². The number of hydrogen-bond donors (Lipinski definition) is 0. The van der Waals surface area contributed by atoms with Crippen LogP contribution in [0.25, 0.3) is 0 Å². The third-order valence-corrected chi connectivity index (χ3v) is 6.75. The molecule has 224 valence electrons. The van der Waals surface area contributed by atoms with Crippen LogP contribution in [-0.2, 0) is 0 Å². The SMILES string of the molecule is CCC(C)c1c(F)c(F)c(F)c(N(c2c(F)c(F)c(C(C)C)c(F)c2F)c2c(F)c(F)c(C(C)C)c(F)c2F)c1F. The first-order chi connectivity index (χ1) is 18.9. The standard InChI is InChI=1S/C28H23F12N/c1-7-10(6)13-18(33)20(35)25(40)26(19(13)34)41(27-21(36)14(29)11(8(2)3)15(30)22(27)37)28-23(38)16(31)12(9(4)5)17(32)24(28)39/h8-10H,7H2,1-6H3. The second-order valence-electron chi connectivity index (χ2n) is 10.0. The Morgan fingerprint density at radius 1 is 0.390 bits per heavy atom. The highest BCUT2D eigenvalue weighted by Crippen LogP contribution is 2.49. The van der Waals surface area contributed by atoms with Crippen LogP contribution in [0.4, 0.5) is 69.7 Å². The maximum Gasteiger partial charge on any atom is 0.197 e. The molecule has 0 aliphatic rings. The van der Waals surface area contributed by atoms with E-state index in [1.807, 2.05) is 0 Å². The molecule has 1 unspecified atom stereocenters. The second-order valence-corrected chi connectivity index (χ2v) is 10.0. The zero-order chi connectivity index (χ0) is 31.4. The lowest BCUT2D eigenvalue weighted by Crippen LogP contribution is -2.25. The van der Waals surface area contributed by atoms with Gasteiger partial charge >= 0.3 is 0 Å². The molecular weight excluding hydrogens is 578 g/mol. The van der Waals surface area contributed by atoms with Crippen LogP contribution in [0.1, 0.15) is 82.4 Å². The second kappa shape index (κ2) is 11.5. The van der Waals surface area contributed by atoms with Crippen molar-refractivity contribution in [3.8, 4) is 0 Å². The van der Waals surface area contributed by atoms with Gasteiger partial charge in [-0.15, -0.1) is 0 Å². The maximum atomic E-state index is 15.8. The van der Waals surface area contributed by atoms with Gasteiger partial charge in [0.25, 0.3) is 0 Å². The first kappa shape index (κ1) is 32.1. The van der Waals surface area contributed by atoms with Crippen LogP contribution in [0, 0.1) is 69.8 Å². The fourth-order valence-electron chi connectivity index (χ4n) is 4.49. The van der Waals surface area contributed by atoms with E-state index < -0.39 is 126 Å². The van der Waals surface area contributed by atoms with E-state index in [2.05, 4.69) is 0 Å². The molecule has 0 N–H and O–H groups in total. The Morgan fingerprint density at radius 3 is 0.951 bits per heavy atom. The van der Waals surface area contributed by atoms with E-state index in [0.29, 0.717) is 0 Å². The highest BCUT2D eigenvalue weighted by molar-refractivity contribution is 5.80. The summed E-state index contributed by atoms with van der Waals surface area (Å²) in [6, 6.07) is 0. The molecule has 1 nitrogen and oxygen atoms in total. The minimum absolute atomic E-state index is 0.164. The van der Waals surface area contributed by atoms with E-state index in [-0.39, 0.29) is 6.42 Å². The summed E-state index contributed by atoms with van der Waals surface area (Å²) in [5, 5.41) is 0. The molecule has 0 saturated carbocycles. The van der Waals surface area contributed by atoms with Crippen molar-refractivity contribution in [1.29, 1.82) is 0 Å². The molecule has 0 spiro atoms. The normalized spacial score (nSPS) is 12.6. The van der Waals surface area contributed by atoms with Gasteiger partial charge in [0.1, 0.15) is 17.1 Å². The Morgan fingerprint density at radius 2 is 0.659 bits per heavy atom. The highest BCUT2D eigenvalue weighted by atomic mass is 19.2. The monoisotopic (exact) mass is 601 g/mol. The fourth-order valence-corrected chi connectivity index (χ4v) is 4.49. The lowest BCUT2D eigenvalue weighted by atomic mass is 9.94. The lowest BCUT2D eigenvalue weighted by molar-refractivity contribution is 0.412. The molecule has 41 heavy (non-hydrogen) atoms. The average Bonchev–Trinajstić information content (AvgIpc) is 2.89. The van der Waals surface area contributed by atoms with Crippen molar-refractivity contribution in [2.75, 3.05) is 4.90 Å². The number of hydrogen-bond acceptors (Lipinski definition) is 1. The van der Waals surface area contributed by atoms with Crippen LogP contribution in [0.15, 0.2) is 0 Å². The zero-order valence-electron chi connectivity index (χ0n) is 22.4. The van der Waals surface area contributed by atoms with Gasteiger partial charge in [-0.25, -0.2) is 52.7 Å². The van der Waals surface area contributed by atoms with E-state index >= 15 is 43.9 Å². The predicted octanol–water partition coefficient (Wildman–Crippen LogP) is 10.6. The molecule has 1 atom stereocenters. The van der Waals surface area contributed by atoms with Gasteiger partial charge in [0, 0.05) is 16.7 Å². The Balaban J connectivity index is 2.72. The van der Waals surface area contributed by atoms with Crippen LogP contribution in [0.2, 0.25) is 0 Å². The Kier molecular flexibility index (Phi) is 9.00. The summed E-state index contributed by atoms with van der Waals surface area (Å²) in [6.07, 6.45) is -0.164. The molecule has 0 bridgehead atoms. The molecule has 3 aromatic carbocycles. The number of rotatable bonds is 7. The van der Waals surface area contributed by atoms with Gasteiger partial charge in [0.15, 0.2) is 69.8 Å². The first-order valence-corrected chi connectivity index (χ1v) is 12.3. The fraction of sp³-hybridized carbons (Fsp3) is 0.357. The van der Waals surface area contributed by atoms with Crippen LogP contribution >= 0.6 is 0 Å². The third-order valence-electron chi connectivity index (χ3n) is 6.75. The number of halogens is 12. The summed E-state index contributed by atoms with van der Waals surface area (Å²) in [5.41, 5.74) is -10.5. The van der Waals surface area contributed by atoms with E-state index in [9.17, 15) is 8.78 Å². The molecule has 0 aliphatic carbocycles. The van der Waals surface area contributed by atoms with Gasteiger partial charge in [0.2, 0.25) is 0 Å². The maximum absolute atomic E-state index is 15.8. The van der Waals surface area contributed by atoms with Crippen molar-refractivity contribution in [1.82, 2.24) is 0 Å². The quantitative estimate of drug-likeness (QED) is 0.148. The number of benzene rings is 3. The minimum Gasteiger partial charge on any atom is -0.294 e. The average molecular weight is 601 g/mol. The van der Waals surface area contributed by atoms with E-state index in [1.165, 1.54) is 6.92 Å². The molecule has 0 radical (unpaired) electrons. The van der Waals surface area contributed by atoms with Crippen molar-refractivity contribution in [3.05, 3.63) is 86.5 Å². The van der Waals surface area contributed by atoms with E-state index in [0.717, 1.165) is 34.6 Å². The van der Waals surface area contributed by atoms with Crippen molar-refractivity contribution < 1.29 is 52.7 Å². The molecule has 0 amide bonds. The highest BCUT2D eigenvalue weighted by Gasteiger charge is 2.41. The predicted molar refractivity (Wildman–Crippen MR) is 128 cm³/mol. The van der Waals surface area contributed by atoms with Crippen molar-refractivity contribution in [2.45, 2.75) is 65.7 Å². The molecule has 0 aliphatic heterocycles. The Labute approximate surface area is 227 Å². The van der Waals surface area contributed by atoms with Crippen molar-refractivity contribution in [2.24, 2.45) is 0 Å². The molecule has 0 fully saturated rings. The Bertz CT molecular complexity index is 1400. The summed E-state index contributed by atoms with van der Waals surface area (Å²) < 4.78 is 182. The number of nitrogens with zero attached hydrogens (tertiary/aromatic N) is 1. The van der Waals surface area contributed by atoms with E-state index in [4.69, 9.17) is 0 Å². The van der Waals surface area contributed by atoms with Crippen LogP contribution in [0.5, 0.6) is 0 Å². The molecule has 0 aromatic heterocycles. The molecule has 0 heterocycles. The summed E-state index contributed by atoms with van der Waals surface area (Å²) in [5.74, 6) is -32.1. The number of anilines is 3. The molecule has 0 saturated heterocycles. The van der Waals surface area contributed by atoms with Gasteiger partial charge in [-0.2, -0.15) is 0 Å². The van der Waals surface area contributed by atoms with Crippen molar-refractivity contribution >= 4 is 17.1 Å². The molecule has 3 aromatic rings. The summed E-state index contributed by atoms with van der Waals surface area (Å²) >= 11 is 0. The first-order valence-electron chi connectivity index (χ1n) is 12.3. The summed E-state index contributed by atoms with van der Waals surface area (Å²) in [7, 11) is 0. The van der Waals surface area contributed by atoms with Crippen LogP contribution in [0.3, 0.4) is 0 Å². The van der Waals surface area contributed by atoms with Gasteiger partial charge in [-0.1, -0.05) is 41.5 Å². The van der Waals surface area contributed by atoms with Gasteiger partial charge in [-0.3, -0.25) is 4.90 Å². The van der Waals surface area contributed by atoms with Crippen LogP contribution < -0.4 is 4.90 Å². The largest absolute Gasteiger partial charge is 0.294 e. The lowest BCUT2D eigenvalue weighted by Gasteiger charge is -2.30. The zero-order valence-corrected chi connectivity index (χ0v) is 22.4. The minimum atomic E-state index is -2.67. The molecule has 13 heteroatoms. The smallest absolute Gasteiger partial charge is 0.197 e. The summed E-state index contributed by atoms with van der Waals surface area (Å²) in [6.45, 7) is 6.83. The topological polar surface area (TPSA) is 3.24 Å². The van der Waals surface area contributed by atoms with E-state index in [1.54, 1.807) is 0 Å². The van der Waals surface area contributed by atoms with Crippen molar-refractivity contribution in [3.63, 3.8) is 0 Å². The Hall–Kier alpha value is -3.38. The van der Waals surface area contributed by atoms with Crippen LogP contribution in [-0.4, -0.2) is 0 Å². The molecular formula is C28H23F12N.